The highest BCUT2D eigenvalue weighted by Crippen LogP contribution is 2.53. The van der Waals surface area contributed by atoms with E-state index in [0.717, 1.165) is 34.4 Å². The lowest BCUT2D eigenvalue weighted by Gasteiger charge is -2.34. The van der Waals surface area contributed by atoms with Gasteiger partial charge < -0.3 is 0 Å². The van der Waals surface area contributed by atoms with Gasteiger partial charge in [0.25, 0.3) is 0 Å². The molecule has 2 aliphatic rings. The lowest BCUT2D eigenvalue weighted by Crippen LogP contribution is -2.19. The number of hydrogen-bond acceptors (Lipinski definition) is 5. The smallest absolute Gasteiger partial charge is 0.140 e. The van der Waals surface area contributed by atoms with Crippen molar-refractivity contribution in [3.63, 3.8) is 0 Å². The van der Waals surface area contributed by atoms with Crippen LogP contribution in [-0.2, 0) is 0 Å². The van der Waals surface area contributed by atoms with E-state index in [4.69, 9.17) is 4.98 Å². The molecule has 0 N–H and O–H groups in total. The molecular formula is C29H19N3S2. The summed E-state index contributed by atoms with van der Waals surface area (Å²) in [5.41, 5.74) is 4.63. The predicted molar refractivity (Wildman–Crippen MR) is 142 cm³/mol. The summed E-state index contributed by atoms with van der Waals surface area (Å²) in [5, 5.41) is 0. The molecule has 0 saturated carbocycles. The zero-order valence-electron chi connectivity index (χ0n) is 18.1. The topological polar surface area (TPSA) is 19.4 Å². The number of nitrogens with zero attached hydrogens (tertiary/aromatic N) is 3. The average molecular weight is 474 g/mol. The van der Waals surface area contributed by atoms with Crippen molar-refractivity contribution in [3.05, 3.63) is 115 Å². The van der Waals surface area contributed by atoms with Crippen LogP contribution in [0.3, 0.4) is 0 Å². The van der Waals surface area contributed by atoms with E-state index in [-0.39, 0.29) is 0 Å². The summed E-state index contributed by atoms with van der Waals surface area (Å²) in [6.07, 6.45) is 0. The predicted octanol–water partition coefficient (Wildman–Crippen LogP) is 8.95. The normalized spacial score (nSPS) is 13.5. The number of pyridine rings is 1. The Bertz CT molecular complexity index is 1340. The number of benzene rings is 4. The van der Waals surface area contributed by atoms with E-state index in [1.54, 1.807) is 0 Å². The van der Waals surface area contributed by atoms with Gasteiger partial charge in [-0.15, -0.1) is 0 Å². The van der Waals surface area contributed by atoms with Crippen molar-refractivity contribution in [2.75, 3.05) is 9.80 Å². The average Bonchev–Trinajstić information content (AvgIpc) is 2.90. The fourth-order valence-corrected chi connectivity index (χ4v) is 6.68. The van der Waals surface area contributed by atoms with Gasteiger partial charge in [0, 0.05) is 19.6 Å². The van der Waals surface area contributed by atoms with E-state index >= 15 is 0 Å². The summed E-state index contributed by atoms with van der Waals surface area (Å²) in [4.78, 5) is 14.7. The number of para-hydroxylation sites is 4. The summed E-state index contributed by atoms with van der Waals surface area (Å²) in [6.45, 7) is 0. The molecule has 1 aromatic heterocycles. The minimum atomic E-state index is 0.908. The van der Waals surface area contributed by atoms with Crippen molar-refractivity contribution in [2.24, 2.45) is 0 Å². The molecule has 0 fully saturated rings. The fraction of sp³-hybridized carbons (Fsp3) is 0. The first kappa shape index (κ1) is 19.8. The number of rotatable bonds is 2. The highest BCUT2D eigenvalue weighted by atomic mass is 32.2. The van der Waals surface area contributed by atoms with Crippen LogP contribution in [0.2, 0.25) is 0 Å². The largest absolute Gasteiger partial charge is 0.293 e. The van der Waals surface area contributed by atoms with Gasteiger partial charge in [-0.2, -0.15) is 0 Å². The van der Waals surface area contributed by atoms with Gasteiger partial charge in [0.05, 0.1) is 22.7 Å². The van der Waals surface area contributed by atoms with E-state index in [2.05, 4.69) is 125 Å². The first-order valence-corrected chi connectivity index (χ1v) is 12.8. The van der Waals surface area contributed by atoms with E-state index < -0.39 is 0 Å². The standard InChI is InChI=1S/C29H19N3S2/c1-5-14-24-20(10-1)31(21-11-2-6-15-25(21)33-24)28-18-9-19-29(30-28)32-22-12-3-7-16-26(22)34-27-17-8-4-13-23(27)32/h1-19H. The van der Waals surface area contributed by atoms with Crippen LogP contribution in [0.5, 0.6) is 0 Å². The molecular weight excluding hydrogens is 454 g/mol. The van der Waals surface area contributed by atoms with Crippen LogP contribution >= 0.6 is 23.5 Å². The number of hydrogen-bond donors (Lipinski definition) is 0. The van der Waals surface area contributed by atoms with Gasteiger partial charge >= 0.3 is 0 Å². The third-order valence-electron chi connectivity index (χ3n) is 6.04. The Morgan fingerprint density at radius 3 is 1.06 bits per heavy atom. The minimum Gasteiger partial charge on any atom is -0.293 e. The molecule has 7 rings (SSSR count). The van der Waals surface area contributed by atoms with E-state index in [1.165, 1.54) is 19.6 Å². The summed E-state index contributed by atoms with van der Waals surface area (Å²) in [5.74, 6) is 1.82. The van der Waals surface area contributed by atoms with Gasteiger partial charge in [0.2, 0.25) is 0 Å². The second-order valence-corrected chi connectivity index (χ2v) is 10.3. The molecule has 4 aromatic carbocycles. The number of anilines is 6. The van der Waals surface area contributed by atoms with Crippen molar-refractivity contribution in [1.29, 1.82) is 0 Å². The maximum absolute atomic E-state index is 5.25. The minimum absolute atomic E-state index is 0.908. The highest BCUT2D eigenvalue weighted by Gasteiger charge is 2.28. The van der Waals surface area contributed by atoms with Crippen LogP contribution < -0.4 is 9.80 Å². The van der Waals surface area contributed by atoms with Gasteiger partial charge in [-0.25, -0.2) is 4.98 Å². The summed E-state index contributed by atoms with van der Waals surface area (Å²) < 4.78 is 0. The SMILES string of the molecule is c1cc(N2c3ccccc3Sc3ccccc32)nc(N2c3ccccc3Sc3ccccc32)c1. The lowest BCUT2D eigenvalue weighted by molar-refractivity contribution is 1.07. The molecule has 3 heterocycles. The van der Waals surface area contributed by atoms with Crippen molar-refractivity contribution < 1.29 is 0 Å². The molecule has 0 aliphatic carbocycles. The monoisotopic (exact) mass is 473 g/mol. The lowest BCUT2D eigenvalue weighted by atomic mass is 10.2. The fourth-order valence-electron chi connectivity index (χ4n) is 4.56. The molecule has 0 amide bonds. The Balaban J connectivity index is 1.42. The van der Waals surface area contributed by atoms with Crippen LogP contribution in [0.1, 0.15) is 0 Å². The molecule has 34 heavy (non-hydrogen) atoms. The van der Waals surface area contributed by atoms with Crippen LogP contribution in [-0.4, -0.2) is 4.98 Å². The zero-order valence-corrected chi connectivity index (χ0v) is 19.8. The van der Waals surface area contributed by atoms with Crippen LogP contribution in [0.15, 0.2) is 135 Å². The van der Waals surface area contributed by atoms with Crippen LogP contribution in [0.4, 0.5) is 34.4 Å². The molecule has 0 unspecified atom stereocenters. The van der Waals surface area contributed by atoms with E-state index in [0.29, 0.717) is 0 Å². The van der Waals surface area contributed by atoms with Crippen LogP contribution in [0, 0.1) is 0 Å². The van der Waals surface area contributed by atoms with Gasteiger partial charge in [0.1, 0.15) is 11.6 Å². The van der Waals surface area contributed by atoms with Gasteiger partial charge in [-0.3, -0.25) is 9.80 Å². The highest BCUT2D eigenvalue weighted by molar-refractivity contribution is 8.00. The molecule has 0 radical (unpaired) electrons. The first-order valence-electron chi connectivity index (χ1n) is 11.2. The second kappa shape index (κ2) is 7.97. The molecule has 3 nitrogen and oxygen atoms in total. The van der Waals surface area contributed by atoms with Crippen LogP contribution in [0.25, 0.3) is 0 Å². The second-order valence-electron chi connectivity index (χ2n) is 8.10. The molecule has 5 heteroatoms. The summed E-state index contributed by atoms with van der Waals surface area (Å²) >= 11 is 3.62. The van der Waals surface area contributed by atoms with Crippen molar-refractivity contribution in [1.82, 2.24) is 4.98 Å². The Hall–Kier alpha value is -3.67. The Morgan fingerprint density at radius 1 is 0.382 bits per heavy atom. The Labute approximate surface area is 207 Å². The Morgan fingerprint density at radius 2 is 0.706 bits per heavy atom. The summed E-state index contributed by atoms with van der Waals surface area (Å²) in [6, 6.07) is 40.5. The third-order valence-corrected chi connectivity index (χ3v) is 8.30. The molecule has 162 valence electrons. The maximum atomic E-state index is 5.25. The van der Waals surface area contributed by atoms with Crippen molar-refractivity contribution in [2.45, 2.75) is 19.6 Å². The van der Waals surface area contributed by atoms with Gasteiger partial charge in [-0.1, -0.05) is 78.1 Å². The first-order chi connectivity index (χ1) is 16.9. The summed E-state index contributed by atoms with van der Waals surface area (Å²) in [7, 11) is 0. The number of aromatic nitrogens is 1. The molecule has 2 aliphatic heterocycles. The molecule has 0 spiro atoms. The molecule has 0 bridgehead atoms. The van der Waals surface area contributed by atoms with E-state index in [9.17, 15) is 0 Å². The third kappa shape index (κ3) is 3.12. The maximum Gasteiger partial charge on any atom is 0.140 e. The van der Waals surface area contributed by atoms with Crippen molar-refractivity contribution >= 4 is 57.9 Å². The van der Waals surface area contributed by atoms with E-state index in [1.807, 2.05) is 23.5 Å². The number of fused-ring (bicyclic) bond motifs is 4. The molecule has 0 atom stereocenters. The Kier molecular flexibility index (Phi) is 4.64. The molecule has 5 aromatic rings. The zero-order chi connectivity index (χ0) is 22.5. The van der Waals surface area contributed by atoms with Gasteiger partial charge in [-0.05, 0) is 60.7 Å². The quantitative estimate of drug-likeness (QED) is 0.249. The molecule has 0 saturated heterocycles. The van der Waals surface area contributed by atoms with Gasteiger partial charge in [0.15, 0.2) is 0 Å². The van der Waals surface area contributed by atoms with Crippen molar-refractivity contribution in [3.8, 4) is 0 Å².